The van der Waals surface area contributed by atoms with Crippen molar-refractivity contribution in [3.63, 3.8) is 0 Å². The third kappa shape index (κ3) is 2.10. The Morgan fingerprint density at radius 1 is 1.17 bits per heavy atom. The zero-order valence-electron chi connectivity index (χ0n) is 8.92. The van der Waals surface area contributed by atoms with Crippen LogP contribution in [-0.4, -0.2) is 19.7 Å². The second kappa shape index (κ2) is 4.44. The van der Waals surface area contributed by atoms with Gasteiger partial charge >= 0.3 is 0 Å². The number of hydrogen-bond acceptors (Lipinski definition) is 4. The van der Waals surface area contributed by atoms with Crippen LogP contribution in [0.4, 0.5) is 0 Å². The molecule has 0 unspecified atom stereocenters. The summed E-state index contributed by atoms with van der Waals surface area (Å²) in [6, 6.07) is 6.71. The third-order valence-electron chi connectivity index (χ3n) is 2.21. The molecule has 3 heterocycles. The standard InChI is InChI=1S/C11H6Cl2N4O/c12-8-6-10(17-5-1-4-14-17)16-11(15-8)7-2-3-9(13)18-7/h1-6H. The summed E-state index contributed by atoms with van der Waals surface area (Å²) in [4.78, 5) is 8.40. The minimum atomic E-state index is 0.272. The first-order chi connectivity index (χ1) is 8.72. The Morgan fingerprint density at radius 3 is 2.72 bits per heavy atom. The predicted molar refractivity (Wildman–Crippen MR) is 66.9 cm³/mol. The molecular formula is C11H6Cl2N4O. The molecule has 0 spiro atoms. The predicted octanol–water partition coefficient (Wildman–Crippen LogP) is 3.23. The Bertz CT molecular complexity index is 678. The molecule has 0 bridgehead atoms. The van der Waals surface area contributed by atoms with E-state index in [9.17, 15) is 0 Å². The van der Waals surface area contributed by atoms with E-state index in [0.717, 1.165) is 0 Å². The fourth-order valence-electron chi connectivity index (χ4n) is 1.47. The van der Waals surface area contributed by atoms with Gasteiger partial charge in [0.15, 0.2) is 22.6 Å². The molecule has 0 aliphatic rings. The molecule has 0 saturated heterocycles. The normalized spacial score (nSPS) is 10.8. The zero-order chi connectivity index (χ0) is 12.5. The van der Waals surface area contributed by atoms with E-state index in [1.165, 1.54) is 0 Å². The van der Waals surface area contributed by atoms with Crippen LogP contribution < -0.4 is 0 Å². The lowest BCUT2D eigenvalue weighted by Crippen LogP contribution is -2.00. The Kier molecular flexibility index (Phi) is 2.77. The maximum atomic E-state index is 5.96. The fourth-order valence-corrected chi connectivity index (χ4v) is 1.80. The van der Waals surface area contributed by atoms with Gasteiger partial charge in [0, 0.05) is 18.5 Å². The Morgan fingerprint density at radius 2 is 2.06 bits per heavy atom. The van der Waals surface area contributed by atoms with E-state index >= 15 is 0 Å². The van der Waals surface area contributed by atoms with Crippen LogP contribution in [-0.2, 0) is 0 Å². The van der Waals surface area contributed by atoms with E-state index in [1.807, 2.05) is 0 Å². The highest BCUT2D eigenvalue weighted by Gasteiger charge is 2.10. The first-order valence-corrected chi connectivity index (χ1v) is 5.78. The number of aromatic nitrogens is 4. The first-order valence-electron chi connectivity index (χ1n) is 5.03. The summed E-state index contributed by atoms with van der Waals surface area (Å²) in [5.74, 6) is 1.37. The summed E-state index contributed by atoms with van der Waals surface area (Å²) in [5.41, 5.74) is 0. The topological polar surface area (TPSA) is 56.7 Å². The molecule has 0 aliphatic heterocycles. The van der Waals surface area contributed by atoms with Crippen molar-refractivity contribution in [2.75, 3.05) is 0 Å². The Labute approximate surface area is 112 Å². The van der Waals surface area contributed by atoms with E-state index in [-0.39, 0.29) is 5.22 Å². The van der Waals surface area contributed by atoms with Crippen LogP contribution in [0.3, 0.4) is 0 Å². The van der Waals surface area contributed by atoms with Gasteiger partial charge in [0.1, 0.15) is 5.15 Å². The molecule has 0 aliphatic carbocycles. The van der Waals surface area contributed by atoms with Crippen LogP contribution >= 0.6 is 23.2 Å². The lowest BCUT2D eigenvalue weighted by atomic mass is 10.4. The number of rotatable bonds is 2. The van der Waals surface area contributed by atoms with Gasteiger partial charge in [0.2, 0.25) is 0 Å². The molecule has 0 fully saturated rings. The van der Waals surface area contributed by atoms with E-state index in [4.69, 9.17) is 27.6 Å². The van der Waals surface area contributed by atoms with Crippen molar-refractivity contribution in [1.82, 2.24) is 19.7 Å². The van der Waals surface area contributed by atoms with Gasteiger partial charge in [-0.1, -0.05) is 11.6 Å². The maximum absolute atomic E-state index is 5.96. The number of furan rings is 1. The highest BCUT2D eigenvalue weighted by Crippen LogP contribution is 2.23. The summed E-state index contributed by atoms with van der Waals surface area (Å²) in [5, 5.41) is 4.65. The van der Waals surface area contributed by atoms with Gasteiger partial charge in [0.05, 0.1) is 0 Å². The summed E-state index contributed by atoms with van der Waals surface area (Å²) in [6.45, 7) is 0. The summed E-state index contributed by atoms with van der Waals surface area (Å²) in [6.07, 6.45) is 3.41. The molecule has 3 rings (SSSR count). The SMILES string of the molecule is Clc1cc(-n2cccn2)nc(-c2ccc(Cl)o2)n1. The van der Waals surface area contributed by atoms with Crippen molar-refractivity contribution < 1.29 is 4.42 Å². The van der Waals surface area contributed by atoms with Gasteiger partial charge in [-0.25, -0.2) is 14.6 Å². The van der Waals surface area contributed by atoms with Gasteiger partial charge in [-0.2, -0.15) is 5.10 Å². The molecule has 90 valence electrons. The van der Waals surface area contributed by atoms with Gasteiger partial charge in [0.25, 0.3) is 0 Å². The highest BCUT2D eigenvalue weighted by atomic mass is 35.5. The molecule has 0 aromatic carbocycles. The largest absolute Gasteiger partial charge is 0.441 e. The van der Waals surface area contributed by atoms with E-state index < -0.39 is 0 Å². The van der Waals surface area contributed by atoms with Crippen LogP contribution in [0.25, 0.3) is 17.4 Å². The Hall–Kier alpha value is -1.85. The van der Waals surface area contributed by atoms with Crippen molar-refractivity contribution in [3.8, 4) is 17.4 Å². The summed E-state index contributed by atoms with van der Waals surface area (Å²) in [7, 11) is 0. The first kappa shape index (κ1) is 11.3. The summed E-state index contributed by atoms with van der Waals surface area (Å²) >= 11 is 11.7. The molecule has 0 atom stereocenters. The van der Waals surface area contributed by atoms with Crippen molar-refractivity contribution in [1.29, 1.82) is 0 Å². The average molecular weight is 281 g/mol. The minimum absolute atomic E-state index is 0.272. The van der Waals surface area contributed by atoms with Crippen molar-refractivity contribution in [2.24, 2.45) is 0 Å². The zero-order valence-corrected chi connectivity index (χ0v) is 10.4. The van der Waals surface area contributed by atoms with Gasteiger partial charge < -0.3 is 4.42 Å². The quantitative estimate of drug-likeness (QED) is 0.677. The second-order valence-corrected chi connectivity index (χ2v) is 4.19. The van der Waals surface area contributed by atoms with E-state index in [1.54, 1.807) is 41.3 Å². The summed E-state index contributed by atoms with van der Waals surface area (Å²) < 4.78 is 6.83. The molecule has 0 saturated carbocycles. The molecular weight excluding hydrogens is 275 g/mol. The monoisotopic (exact) mass is 280 g/mol. The van der Waals surface area contributed by atoms with Crippen molar-refractivity contribution in [2.45, 2.75) is 0 Å². The fraction of sp³-hybridized carbons (Fsp3) is 0. The number of nitrogens with zero attached hydrogens (tertiary/aromatic N) is 4. The molecule has 3 aromatic heterocycles. The van der Waals surface area contributed by atoms with Crippen LogP contribution in [0.1, 0.15) is 0 Å². The molecule has 0 radical (unpaired) electrons. The van der Waals surface area contributed by atoms with Gasteiger partial charge in [-0.3, -0.25) is 0 Å². The van der Waals surface area contributed by atoms with Crippen molar-refractivity contribution in [3.05, 3.63) is 47.0 Å². The average Bonchev–Trinajstić information content (AvgIpc) is 2.98. The van der Waals surface area contributed by atoms with Crippen LogP contribution in [0, 0.1) is 0 Å². The lowest BCUT2D eigenvalue weighted by molar-refractivity contribution is 0.579. The molecule has 0 amide bonds. The second-order valence-electron chi connectivity index (χ2n) is 3.43. The lowest BCUT2D eigenvalue weighted by Gasteiger charge is -2.03. The molecule has 7 heteroatoms. The Balaban J connectivity index is 2.11. The van der Waals surface area contributed by atoms with Gasteiger partial charge in [-0.05, 0) is 29.8 Å². The highest BCUT2D eigenvalue weighted by molar-refractivity contribution is 6.29. The molecule has 3 aromatic rings. The van der Waals surface area contributed by atoms with Crippen LogP contribution in [0.15, 0.2) is 41.1 Å². The van der Waals surface area contributed by atoms with Gasteiger partial charge in [-0.15, -0.1) is 0 Å². The number of hydrogen-bond donors (Lipinski definition) is 0. The molecule has 18 heavy (non-hydrogen) atoms. The smallest absolute Gasteiger partial charge is 0.199 e. The van der Waals surface area contributed by atoms with Crippen LogP contribution in [0.5, 0.6) is 0 Å². The minimum Gasteiger partial charge on any atom is -0.441 e. The third-order valence-corrected chi connectivity index (χ3v) is 2.61. The molecule has 0 N–H and O–H groups in total. The maximum Gasteiger partial charge on any atom is 0.199 e. The van der Waals surface area contributed by atoms with Crippen LogP contribution in [0.2, 0.25) is 10.4 Å². The van der Waals surface area contributed by atoms with Crippen molar-refractivity contribution >= 4 is 23.2 Å². The van der Waals surface area contributed by atoms with E-state index in [2.05, 4.69) is 15.1 Å². The number of halogens is 2. The van der Waals surface area contributed by atoms with E-state index in [0.29, 0.717) is 22.6 Å². The molecule has 5 nitrogen and oxygen atoms in total.